The third kappa shape index (κ3) is 2.13. The molecule has 1 aliphatic rings. The molecule has 0 amide bonds. The van der Waals surface area contributed by atoms with Gasteiger partial charge in [-0.2, -0.15) is 0 Å². The first-order chi connectivity index (χ1) is 7.12. The van der Waals surface area contributed by atoms with E-state index in [4.69, 9.17) is 4.74 Å². The van der Waals surface area contributed by atoms with E-state index in [9.17, 15) is 8.42 Å². The lowest BCUT2D eigenvalue weighted by molar-refractivity contribution is 0.404. The van der Waals surface area contributed by atoms with E-state index in [-0.39, 0.29) is 11.8 Å². The minimum absolute atomic E-state index is 0.147. The highest BCUT2D eigenvalue weighted by Gasteiger charge is 2.29. The summed E-state index contributed by atoms with van der Waals surface area (Å²) in [6, 6.07) is 7.32. The molecule has 1 saturated heterocycles. The van der Waals surface area contributed by atoms with Gasteiger partial charge in [-0.3, -0.25) is 0 Å². The van der Waals surface area contributed by atoms with E-state index in [0.717, 1.165) is 11.3 Å². The van der Waals surface area contributed by atoms with Crippen LogP contribution in [0.4, 0.5) is 0 Å². The van der Waals surface area contributed by atoms with Gasteiger partial charge in [0.25, 0.3) is 0 Å². The summed E-state index contributed by atoms with van der Waals surface area (Å²) >= 11 is 0. The molecular formula is C10H13NO3S. The van der Waals surface area contributed by atoms with Gasteiger partial charge in [-0.05, 0) is 12.5 Å². The molecule has 4 nitrogen and oxygen atoms in total. The average molecular weight is 227 g/mol. The summed E-state index contributed by atoms with van der Waals surface area (Å²) in [6.07, 6.45) is 0.600. The van der Waals surface area contributed by atoms with Crippen LogP contribution in [0.25, 0.3) is 0 Å². The highest BCUT2D eigenvalue weighted by molar-refractivity contribution is 7.89. The predicted octanol–water partition coefficient (Wildman–Crippen LogP) is 1.06. The summed E-state index contributed by atoms with van der Waals surface area (Å²) in [6.45, 7) is 0. The Morgan fingerprint density at radius 3 is 2.73 bits per heavy atom. The lowest BCUT2D eigenvalue weighted by atomic mass is 10.0. The number of sulfonamides is 1. The lowest BCUT2D eigenvalue weighted by Gasteiger charge is -2.13. The first-order valence-electron chi connectivity index (χ1n) is 4.75. The Morgan fingerprint density at radius 2 is 2.13 bits per heavy atom. The maximum Gasteiger partial charge on any atom is 0.212 e. The summed E-state index contributed by atoms with van der Waals surface area (Å²) in [5.74, 6) is 0.919. The Kier molecular flexibility index (Phi) is 2.67. The highest BCUT2D eigenvalue weighted by atomic mass is 32.2. The van der Waals surface area contributed by atoms with Crippen molar-refractivity contribution < 1.29 is 13.2 Å². The van der Waals surface area contributed by atoms with Gasteiger partial charge in [-0.15, -0.1) is 0 Å². The number of para-hydroxylation sites is 1. The van der Waals surface area contributed by atoms with Crippen molar-refractivity contribution >= 4 is 10.0 Å². The Hall–Kier alpha value is -1.07. The first kappa shape index (κ1) is 10.4. The van der Waals surface area contributed by atoms with Crippen LogP contribution in [-0.4, -0.2) is 21.3 Å². The topological polar surface area (TPSA) is 55.4 Å². The molecule has 1 unspecified atom stereocenters. The van der Waals surface area contributed by atoms with Crippen LogP contribution in [0.3, 0.4) is 0 Å². The number of hydrogen-bond acceptors (Lipinski definition) is 3. The average Bonchev–Trinajstić information content (AvgIpc) is 2.59. The quantitative estimate of drug-likeness (QED) is 0.822. The molecule has 0 aliphatic carbocycles. The van der Waals surface area contributed by atoms with Crippen LogP contribution >= 0.6 is 0 Å². The standard InChI is InChI=1S/C10H13NO3S/c1-14-10-5-3-2-4-8(10)9-6-7-15(12,13)11-9/h2-5,9,11H,6-7H2,1H3. The fraction of sp³-hybridized carbons (Fsp3) is 0.400. The van der Waals surface area contributed by atoms with Gasteiger partial charge in [0, 0.05) is 5.56 Å². The van der Waals surface area contributed by atoms with Gasteiger partial charge in [-0.25, -0.2) is 13.1 Å². The molecule has 1 aromatic rings. The van der Waals surface area contributed by atoms with Gasteiger partial charge in [0.2, 0.25) is 10.0 Å². The molecule has 0 saturated carbocycles. The van der Waals surface area contributed by atoms with Crippen molar-refractivity contribution in [2.24, 2.45) is 0 Å². The Balaban J connectivity index is 2.31. The number of ether oxygens (including phenoxy) is 1. The number of methoxy groups -OCH3 is 1. The van der Waals surface area contributed by atoms with E-state index >= 15 is 0 Å². The van der Waals surface area contributed by atoms with Crippen LogP contribution in [0.15, 0.2) is 24.3 Å². The lowest BCUT2D eigenvalue weighted by Crippen LogP contribution is -2.19. The second-order valence-corrected chi connectivity index (χ2v) is 5.39. The van der Waals surface area contributed by atoms with E-state index < -0.39 is 10.0 Å². The zero-order valence-corrected chi connectivity index (χ0v) is 9.25. The van der Waals surface area contributed by atoms with Crippen molar-refractivity contribution in [2.45, 2.75) is 12.5 Å². The van der Waals surface area contributed by atoms with Crippen molar-refractivity contribution in [1.29, 1.82) is 0 Å². The van der Waals surface area contributed by atoms with Gasteiger partial charge < -0.3 is 4.74 Å². The Labute approximate surface area is 89.3 Å². The maximum absolute atomic E-state index is 11.3. The molecule has 0 aromatic heterocycles. The van der Waals surface area contributed by atoms with Crippen molar-refractivity contribution in [1.82, 2.24) is 4.72 Å². The van der Waals surface area contributed by atoms with E-state index in [1.54, 1.807) is 7.11 Å². The Bertz CT molecular complexity index is 455. The molecule has 0 spiro atoms. The third-order valence-electron chi connectivity index (χ3n) is 2.51. The molecule has 0 radical (unpaired) electrons. The SMILES string of the molecule is COc1ccccc1C1CCS(=O)(=O)N1. The van der Waals surface area contributed by atoms with Crippen LogP contribution in [0, 0.1) is 0 Å². The number of hydrogen-bond donors (Lipinski definition) is 1. The summed E-state index contributed by atoms with van der Waals surface area (Å²) in [5, 5.41) is 0. The van der Waals surface area contributed by atoms with E-state index in [1.165, 1.54) is 0 Å². The van der Waals surface area contributed by atoms with Gasteiger partial charge in [0.15, 0.2) is 0 Å². The summed E-state index contributed by atoms with van der Waals surface area (Å²) in [7, 11) is -1.49. The second-order valence-electron chi connectivity index (χ2n) is 3.52. The van der Waals surface area contributed by atoms with Gasteiger partial charge in [0.1, 0.15) is 5.75 Å². The molecule has 1 aromatic carbocycles. The fourth-order valence-electron chi connectivity index (χ4n) is 1.78. The molecule has 1 N–H and O–H groups in total. The van der Waals surface area contributed by atoms with E-state index in [0.29, 0.717) is 6.42 Å². The summed E-state index contributed by atoms with van der Waals surface area (Å²) < 4.78 is 30.3. The highest BCUT2D eigenvalue weighted by Crippen LogP contribution is 2.30. The smallest absolute Gasteiger partial charge is 0.212 e. The van der Waals surface area contributed by atoms with Crippen molar-refractivity contribution in [3.8, 4) is 5.75 Å². The monoisotopic (exact) mass is 227 g/mol. The van der Waals surface area contributed by atoms with Gasteiger partial charge in [-0.1, -0.05) is 18.2 Å². The van der Waals surface area contributed by atoms with Crippen LogP contribution in [0.1, 0.15) is 18.0 Å². The van der Waals surface area contributed by atoms with E-state index in [1.807, 2.05) is 24.3 Å². The fourth-order valence-corrected chi connectivity index (χ4v) is 3.12. The summed E-state index contributed by atoms with van der Waals surface area (Å²) in [5.41, 5.74) is 0.904. The first-order valence-corrected chi connectivity index (χ1v) is 6.40. The van der Waals surface area contributed by atoms with Crippen molar-refractivity contribution in [3.05, 3.63) is 29.8 Å². The summed E-state index contributed by atoms with van der Waals surface area (Å²) in [4.78, 5) is 0. The largest absolute Gasteiger partial charge is 0.496 e. The molecule has 1 atom stereocenters. The van der Waals surface area contributed by atoms with Gasteiger partial charge >= 0.3 is 0 Å². The third-order valence-corrected chi connectivity index (χ3v) is 3.93. The molecule has 0 bridgehead atoms. The molecule has 5 heteroatoms. The zero-order chi connectivity index (χ0) is 10.9. The Morgan fingerprint density at radius 1 is 1.40 bits per heavy atom. The molecule has 82 valence electrons. The molecule has 1 heterocycles. The van der Waals surface area contributed by atoms with Crippen molar-refractivity contribution in [3.63, 3.8) is 0 Å². The predicted molar refractivity (Wildman–Crippen MR) is 57.3 cm³/mol. The minimum Gasteiger partial charge on any atom is -0.496 e. The molecule has 1 aliphatic heterocycles. The zero-order valence-electron chi connectivity index (χ0n) is 8.43. The van der Waals surface area contributed by atoms with Crippen LogP contribution in [0.5, 0.6) is 5.75 Å². The van der Waals surface area contributed by atoms with Crippen molar-refractivity contribution in [2.75, 3.05) is 12.9 Å². The number of rotatable bonds is 2. The van der Waals surface area contributed by atoms with Crippen LogP contribution < -0.4 is 9.46 Å². The van der Waals surface area contributed by atoms with Gasteiger partial charge in [0.05, 0.1) is 18.9 Å². The van der Waals surface area contributed by atoms with E-state index in [2.05, 4.69) is 4.72 Å². The maximum atomic E-state index is 11.3. The number of benzene rings is 1. The molecule has 1 fully saturated rings. The van der Waals surface area contributed by atoms with Crippen LogP contribution in [-0.2, 0) is 10.0 Å². The molecule has 15 heavy (non-hydrogen) atoms. The van der Waals surface area contributed by atoms with Crippen LogP contribution in [0.2, 0.25) is 0 Å². The molecule has 2 rings (SSSR count). The number of nitrogens with one attached hydrogen (secondary N) is 1. The minimum atomic E-state index is -3.07. The second kappa shape index (κ2) is 3.83. The molecular weight excluding hydrogens is 214 g/mol. The normalized spacial score (nSPS) is 23.9.